The number of nitrogens with zero attached hydrogens (tertiary/aromatic N) is 4. The lowest BCUT2D eigenvalue weighted by Crippen LogP contribution is -2.13. The second-order valence-corrected chi connectivity index (χ2v) is 8.59. The highest BCUT2D eigenvalue weighted by atomic mass is 19.4. The van der Waals surface area contributed by atoms with Crippen molar-refractivity contribution in [2.45, 2.75) is 26.6 Å². The predicted molar refractivity (Wildman–Crippen MR) is 133 cm³/mol. The first-order valence-corrected chi connectivity index (χ1v) is 11.3. The zero-order valence-electron chi connectivity index (χ0n) is 20.0. The third-order valence-corrected chi connectivity index (χ3v) is 5.62. The van der Waals surface area contributed by atoms with Crippen molar-refractivity contribution in [1.82, 2.24) is 19.7 Å². The van der Waals surface area contributed by atoms with Gasteiger partial charge in [-0.25, -0.2) is 14.6 Å². The fraction of sp³-hybridized carbons (Fsp3) is 0.231. The van der Waals surface area contributed by atoms with Crippen LogP contribution in [0, 0.1) is 24.7 Å². The zero-order chi connectivity index (χ0) is 26.7. The quantitative estimate of drug-likeness (QED) is 0.351. The van der Waals surface area contributed by atoms with E-state index in [1.54, 1.807) is 22.9 Å². The van der Waals surface area contributed by atoms with Crippen LogP contribution >= 0.6 is 0 Å². The maximum Gasteiger partial charge on any atom is 0.416 e. The van der Waals surface area contributed by atoms with E-state index in [9.17, 15) is 23.1 Å². The van der Waals surface area contributed by atoms with Gasteiger partial charge in [0.25, 0.3) is 5.91 Å². The molecule has 0 saturated carbocycles. The van der Waals surface area contributed by atoms with Gasteiger partial charge in [-0.05, 0) is 54.7 Å². The lowest BCUT2D eigenvalue weighted by atomic mass is 10.0. The lowest BCUT2D eigenvalue weighted by Gasteiger charge is -2.10. The number of hydrogen-bond acceptors (Lipinski definition) is 6. The summed E-state index contributed by atoms with van der Waals surface area (Å²) in [5, 5.41) is 16.9. The van der Waals surface area contributed by atoms with E-state index in [2.05, 4.69) is 32.2 Å². The molecule has 0 saturated heterocycles. The average molecular weight is 509 g/mol. The summed E-state index contributed by atoms with van der Waals surface area (Å²) >= 11 is 0. The number of alkyl halides is 3. The summed E-state index contributed by atoms with van der Waals surface area (Å²) < 4.78 is 40.6. The molecule has 190 valence electrons. The molecule has 8 nitrogen and oxygen atoms in total. The van der Waals surface area contributed by atoms with Crippen molar-refractivity contribution in [3.63, 3.8) is 0 Å². The minimum atomic E-state index is -4.52. The van der Waals surface area contributed by atoms with Crippen molar-refractivity contribution in [2.75, 3.05) is 17.7 Å². The van der Waals surface area contributed by atoms with E-state index in [4.69, 9.17) is 5.73 Å². The Labute approximate surface area is 210 Å². The van der Waals surface area contributed by atoms with E-state index in [1.165, 1.54) is 18.5 Å². The van der Waals surface area contributed by atoms with Crippen molar-refractivity contribution in [1.29, 1.82) is 0 Å². The Morgan fingerprint density at radius 1 is 1.19 bits per heavy atom. The lowest BCUT2D eigenvalue weighted by molar-refractivity contribution is -0.137. The summed E-state index contributed by atoms with van der Waals surface area (Å²) in [6, 6.07) is 9.23. The molecule has 0 radical (unpaired) electrons. The number of benzene rings is 2. The Morgan fingerprint density at radius 2 is 1.97 bits per heavy atom. The van der Waals surface area contributed by atoms with Gasteiger partial charge in [0.15, 0.2) is 5.65 Å². The molecule has 1 atom stereocenters. The van der Waals surface area contributed by atoms with Crippen molar-refractivity contribution in [3.05, 3.63) is 76.7 Å². The number of rotatable bonds is 5. The predicted octanol–water partition coefficient (Wildman–Crippen LogP) is 4.02. The van der Waals surface area contributed by atoms with Crippen LogP contribution in [0.25, 0.3) is 11.0 Å². The molecular formula is C26H23F3N6O2. The Bertz CT molecular complexity index is 1540. The monoisotopic (exact) mass is 508 g/mol. The number of nitrogens with one attached hydrogen (secondary N) is 1. The third kappa shape index (κ3) is 5.70. The number of aliphatic hydroxyl groups is 1. The fourth-order valence-electron chi connectivity index (χ4n) is 3.60. The number of aromatic nitrogens is 4. The molecule has 0 unspecified atom stereocenters. The Hall–Kier alpha value is -4.43. The number of aryl methyl sites for hydroxylation is 1. The highest BCUT2D eigenvalue weighted by Gasteiger charge is 2.30. The maximum absolute atomic E-state index is 13.0. The highest BCUT2D eigenvalue weighted by molar-refractivity contribution is 6.04. The highest BCUT2D eigenvalue weighted by Crippen LogP contribution is 2.30. The molecule has 37 heavy (non-hydrogen) atoms. The van der Waals surface area contributed by atoms with Crippen molar-refractivity contribution >= 4 is 28.4 Å². The van der Waals surface area contributed by atoms with Crippen molar-refractivity contribution < 1.29 is 23.1 Å². The SMILES string of the molecule is Cc1ccc(C(=O)Nc2cccc(C(F)(F)F)c2)cc1C#Cc1nn(C[C@H](C)CO)c2ncnc(N)c12. The van der Waals surface area contributed by atoms with Crippen LogP contribution in [0.2, 0.25) is 0 Å². The van der Waals surface area contributed by atoms with Gasteiger partial charge in [-0.15, -0.1) is 0 Å². The summed E-state index contributed by atoms with van der Waals surface area (Å²) in [7, 11) is 0. The molecule has 11 heteroatoms. The number of carbonyl (C=O) groups excluding carboxylic acids is 1. The molecule has 0 aliphatic heterocycles. The molecule has 0 aliphatic rings. The minimum Gasteiger partial charge on any atom is -0.396 e. The standard InChI is InChI=1S/C26H23F3N6O2/c1-15(13-36)12-35-24-22(23(30)31-14-32-24)21(34-35)9-8-17-10-18(7-6-16(17)2)25(37)33-20-5-3-4-19(11-20)26(27,28)29/h3-7,10-11,14-15,36H,12-13H2,1-2H3,(H,33,37)(H2,30,31,32)/t15-/m0/s1. The van der Waals surface area contributed by atoms with E-state index >= 15 is 0 Å². The largest absolute Gasteiger partial charge is 0.416 e. The van der Waals surface area contributed by atoms with Crippen LogP contribution in [0.4, 0.5) is 24.7 Å². The van der Waals surface area contributed by atoms with Gasteiger partial charge in [0, 0.05) is 30.0 Å². The van der Waals surface area contributed by atoms with Gasteiger partial charge in [0.2, 0.25) is 0 Å². The Kier molecular flexibility index (Phi) is 7.13. The molecule has 2 aromatic heterocycles. The van der Waals surface area contributed by atoms with Crippen LogP contribution in [0.15, 0.2) is 48.8 Å². The summed E-state index contributed by atoms with van der Waals surface area (Å²) in [6.45, 7) is 4.05. The molecule has 2 aromatic carbocycles. The molecule has 0 aliphatic carbocycles. The van der Waals surface area contributed by atoms with Gasteiger partial charge in [-0.1, -0.05) is 25.0 Å². The van der Waals surface area contributed by atoms with Crippen LogP contribution < -0.4 is 11.1 Å². The molecule has 4 aromatic rings. The number of carbonyl (C=O) groups is 1. The zero-order valence-corrected chi connectivity index (χ0v) is 20.0. The molecule has 2 heterocycles. The minimum absolute atomic E-state index is 0.0256. The number of nitrogens with two attached hydrogens (primary N) is 1. The Balaban J connectivity index is 1.65. The number of halogens is 3. The molecule has 0 fully saturated rings. The molecule has 1 amide bonds. The molecule has 0 bridgehead atoms. The number of amides is 1. The van der Waals surface area contributed by atoms with Gasteiger partial charge in [0.1, 0.15) is 17.8 Å². The number of hydrogen-bond donors (Lipinski definition) is 3. The van der Waals surface area contributed by atoms with Gasteiger partial charge in [-0.2, -0.15) is 18.3 Å². The maximum atomic E-state index is 13.0. The van der Waals surface area contributed by atoms with E-state index in [0.717, 1.165) is 17.7 Å². The van der Waals surface area contributed by atoms with E-state index in [1.807, 2.05) is 13.8 Å². The molecule has 0 spiro atoms. The van der Waals surface area contributed by atoms with E-state index < -0.39 is 17.6 Å². The first-order chi connectivity index (χ1) is 17.6. The first kappa shape index (κ1) is 25.7. The van der Waals surface area contributed by atoms with Crippen LogP contribution in [0.1, 0.15) is 39.7 Å². The van der Waals surface area contributed by atoms with Crippen LogP contribution in [0.5, 0.6) is 0 Å². The number of anilines is 2. The second-order valence-electron chi connectivity index (χ2n) is 8.59. The van der Waals surface area contributed by atoms with E-state index in [0.29, 0.717) is 28.8 Å². The topological polar surface area (TPSA) is 119 Å². The summed E-state index contributed by atoms with van der Waals surface area (Å²) in [5.74, 6) is 5.54. The molecular weight excluding hydrogens is 485 g/mol. The number of fused-ring (bicyclic) bond motifs is 1. The molecule has 4 N–H and O–H groups in total. The van der Waals surface area contributed by atoms with Crippen LogP contribution in [-0.2, 0) is 12.7 Å². The van der Waals surface area contributed by atoms with Gasteiger partial charge >= 0.3 is 6.18 Å². The van der Waals surface area contributed by atoms with Crippen molar-refractivity contribution in [2.24, 2.45) is 5.92 Å². The number of nitrogen functional groups attached to an aromatic ring is 1. The molecule has 4 rings (SSSR count). The fourth-order valence-corrected chi connectivity index (χ4v) is 3.60. The number of aliphatic hydroxyl groups excluding tert-OH is 1. The smallest absolute Gasteiger partial charge is 0.396 e. The summed E-state index contributed by atoms with van der Waals surface area (Å²) in [6.07, 6.45) is -3.19. The average Bonchev–Trinajstić information content (AvgIpc) is 3.21. The van der Waals surface area contributed by atoms with E-state index in [-0.39, 0.29) is 29.6 Å². The second kappa shape index (κ2) is 10.3. The third-order valence-electron chi connectivity index (χ3n) is 5.62. The normalized spacial score (nSPS) is 12.2. The van der Waals surface area contributed by atoms with Gasteiger partial charge < -0.3 is 16.2 Å². The summed E-state index contributed by atoms with van der Waals surface area (Å²) in [5.41, 5.74) is 7.60. The Morgan fingerprint density at radius 3 is 2.70 bits per heavy atom. The summed E-state index contributed by atoms with van der Waals surface area (Å²) in [4.78, 5) is 21.0. The van der Waals surface area contributed by atoms with Crippen LogP contribution in [0.3, 0.4) is 0 Å². The first-order valence-electron chi connectivity index (χ1n) is 11.3. The van der Waals surface area contributed by atoms with Gasteiger partial charge in [-0.3, -0.25) is 4.79 Å². The van der Waals surface area contributed by atoms with Crippen molar-refractivity contribution in [3.8, 4) is 11.8 Å². The van der Waals surface area contributed by atoms with Gasteiger partial charge in [0.05, 0.1) is 10.9 Å². The van der Waals surface area contributed by atoms with Crippen LogP contribution in [-0.4, -0.2) is 37.4 Å².